The van der Waals surface area contributed by atoms with Crippen LogP contribution >= 0.6 is 27.3 Å². The van der Waals surface area contributed by atoms with Gasteiger partial charge in [0.25, 0.3) is 0 Å². The Morgan fingerprint density at radius 3 is 2.76 bits per heavy atom. The number of benzene rings is 2. The summed E-state index contributed by atoms with van der Waals surface area (Å²) in [7, 11) is 0. The molecule has 3 rings (SSSR count). The maximum atomic E-state index is 12.1. The zero-order chi connectivity index (χ0) is 17.6. The summed E-state index contributed by atoms with van der Waals surface area (Å²) in [6, 6.07) is 17.2. The summed E-state index contributed by atoms with van der Waals surface area (Å²) in [5.74, 6) is -0.152. The molecule has 0 radical (unpaired) electrons. The van der Waals surface area contributed by atoms with E-state index in [2.05, 4.69) is 26.2 Å². The van der Waals surface area contributed by atoms with E-state index in [4.69, 9.17) is 0 Å². The summed E-state index contributed by atoms with van der Waals surface area (Å²) in [6.07, 6.45) is -0.510. The maximum absolute atomic E-state index is 12.1. The lowest BCUT2D eigenvalue weighted by Gasteiger charge is -2.11. The van der Waals surface area contributed by atoms with Gasteiger partial charge in [0.15, 0.2) is 0 Å². The van der Waals surface area contributed by atoms with Gasteiger partial charge in [-0.25, -0.2) is 4.98 Å². The van der Waals surface area contributed by atoms with Crippen molar-refractivity contribution >= 4 is 33.2 Å². The molecule has 0 aliphatic carbocycles. The largest absolute Gasteiger partial charge is 0.387 e. The highest BCUT2D eigenvalue weighted by atomic mass is 79.9. The normalized spacial score (nSPS) is 11.9. The third kappa shape index (κ3) is 4.98. The van der Waals surface area contributed by atoms with Crippen LogP contribution in [-0.2, 0) is 11.2 Å². The molecule has 128 valence electrons. The average Bonchev–Trinajstić information content (AvgIpc) is 3.09. The fourth-order valence-corrected chi connectivity index (χ4v) is 3.59. The molecule has 2 N–H and O–H groups in total. The molecule has 0 spiro atoms. The van der Waals surface area contributed by atoms with Gasteiger partial charge in [0, 0.05) is 22.0 Å². The fourth-order valence-electron chi connectivity index (χ4n) is 2.37. The smallest absolute Gasteiger partial charge is 0.226 e. The molecule has 25 heavy (non-hydrogen) atoms. The summed E-state index contributed by atoms with van der Waals surface area (Å²) in [5, 5.41) is 15.6. The topological polar surface area (TPSA) is 62.2 Å². The van der Waals surface area contributed by atoms with Crippen LogP contribution in [0.2, 0.25) is 0 Å². The highest BCUT2D eigenvalue weighted by Gasteiger charge is 2.12. The minimum atomic E-state index is -0.710. The number of amides is 1. The third-order valence-corrected chi connectivity index (χ3v) is 5.08. The second kappa shape index (κ2) is 8.38. The minimum absolute atomic E-state index is 0.152. The molecule has 1 amide bonds. The number of halogens is 1. The number of nitrogens with zero attached hydrogens (tertiary/aromatic N) is 1. The molecule has 0 bridgehead atoms. The summed E-state index contributed by atoms with van der Waals surface area (Å²) < 4.78 is 0.995. The van der Waals surface area contributed by atoms with Crippen molar-refractivity contribution in [1.29, 1.82) is 0 Å². The van der Waals surface area contributed by atoms with E-state index in [1.807, 2.05) is 60.0 Å². The molecule has 0 saturated carbocycles. The van der Waals surface area contributed by atoms with Crippen molar-refractivity contribution in [2.45, 2.75) is 12.5 Å². The first kappa shape index (κ1) is 17.8. The monoisotopic (exact) mass is 416 g/mol. The average molecular weight is 417 g/mol. The van der Waals surface area contributed by atoms with Crippen LogP contribution < -0.4 is 5.32 Å². The van der Waals surface area contributed by atoms with Crippen molar-refractivity contribution in [2.75, 3.05) is 6.54 Å². The van der Waals surface area contributed by atoms with E-state index in [1.165, 1.54) is 11.3 Å². The molecule has 1 aromatic heterocycles. The molecule has 2 aromatic carbocycles. The van der Waals surface area contributed by atoms with Gasteiger partial charge in [-0.3, -0.25) is 4.79 Å². The number of aliphatic hydroxyl groups excluding tert-OH is 1. The Morgan fingerprint density at radius 2 is 2.00 bits per heavy atom. The van der Waals surface area contributed by atoms with Crippen LogP contribution in [0.15, 0.2) is 64.5 Å². The first-order valence-electron chi connectivity index (χ1n) is 7.82. The number of thiazole rings is 1. The van der Waals surface area contributed by atoms with Gasteiger partial charge < -0.3 is 10.4 Å². The van der Waals surface area contributed by atoms with Crippen molar-refractivity contribution in [3.05, 3.63) is 75.7 Å². The second-order valence-corrected chi connectivity index (χ2v) is 7.34. The van der Waals surface area contributed by atoms with Gasteiger partial charge in [0.05, 0.1) is 18.2 Å². The molecular formula is C19H17BrN2O2S. The van der Waals surface area contributed by atoms with E-state index in [0.29, 0.717) is 0 Å². The summed E-state index contributed by atoms with van der Waals surface area (Å²) in [4.78, 5) is 16.6. The molecular weight excluding hydrogens is 400 g/mol. The molecule has 0 aliphatic heterocycles. The Hall–Kier alpha value is -2.02. The van der Waals surface area contributed by atoms with Gasteiger partial charge in [0.2, 0.25) is 5.91 Å². The van der Waals surface area contributed by atoms with Gasteiger partial charge in [0.1, 0.15) is 5.01 Å². The molecule has 0 saturated heterocycles. The van der Waals surface area contributed by atoms with Crippen molar-refractivity contribution in [1.82, 2.24) is 10.3 Å². The number of rotatable bonds is 6. The van der Waals surface area contributed by atoms with Gasteiger partial charge in [-0.1, -0.05) is 58.4 Å². The molecule has 0 fully saturated rings. The van der Waals surface area contributed by atoms with Crippen molar-refractivity contribution < 1.29 is 9.90 Å². The molecule has 1 atom stereocenters. The van der Waals surface area contributed by atoms with Crippen LogP contribution in [0.3, 0.4) is 0 Å². The second-order valence-electron chi connectivity index (χ2n) is 5.56. The Labute approximate surface area is 158 Å². The summed E-state index contributed by atoms with van der Waals surface area (Å²) in [6.45, 7) is 0.186. The first-order valence-corrected chi connectivity index (χ1v) is 9.49. The zero-order valence-corrected chi connectivity index (χ0v) is 15.8. The lowest BCUT2D eigenvalue weighted by Crippen LogP contribution is -2.29. The number of hydrogen-bond acceptors (Lipinski definition) is 4. The summed E-state index contributed by atoms with van der Waals surface area (Å²) in [5.41, 5.74) is 2.53. The molecule has 1 unspecified atom stereocenters. The fraction of sp³-hybridized carbons (Fsp3) is 0.158. The quantitative estimate of drug-likeness (QED) is 0.638. The minimum Gasteiger partial charge on any atom is -0.387 e. The van der Waals surface area contributed by atoms with Crippen molar-refractivity contribution in [2.24, 2.45) is 0 Å². The van der Waals surface area contributed by atoms with Crippen LogP contribution in [-0.4, -0.2) is 22.5 Å². The highest BCUT2D eigenvalue weighted by molar-refractivity contribution is 9.10. The van der Waals surface area contributed by atoms with Crippen LogP contribution in [0.5, 0.6) is 0 Å². The van der Waals surface area contributed by atoms with E-state index < -0.39 is 6.10 Å². The SMILES string of the molecule is O=C(Cc1csc(-c2cccc(Br)c2)n1)NCC(O)c1ccccc1. The van der Waals surface area contributed by atoms with Crippen LogP contribution in [0.1, 0.15) is 17.4 Å². The molecule has 4 nitrogen and oxygen atoms in total. The third-order valence-electron chi connectivity index (χ3n) is 3.64. The van der Waals surface area contributed by atoms with Gasteiger partial charge in [-0.05, 0) is 17.7 Å². The maximum Gasteiger partial charge on any atom is 0.226 e. The Morgan fingerprint density at radius 1 is 1.20 bits per heavy atom. The molecule has 1 heterocycles. The first-order chi connectivity index (χ1) is 12.1. The predicted octanol–water partition coefficient (Wildman–Crippen LogP) is 3.96. The van der Waals surface area contributed by atoms with Gasteiger partial charge in [-0.15, -0.1) is 11.3 Å². The lowest BCUT2D eigenvalue weighted by molar-refractivity contribution is -0.120. The number of aliphatic hydroxyl groups is 1. The Bertz CT molecular complexity index is 851. The Kier molecular flexibility index (Phi) is 5.96. The number of carbonyl (C=O) groups is 1. The number of aromatic nitrogens is 1. The van der Waals surface area contributed by atoms with Crippen molar-refractivity contribution in [3.63, 3.8) is 0 Å². The van der Waals surface area contributed by atoms with E-state index in [0.717, 1.165) is 26.3 Å². The van der Waals surface area contributed by atoms with Crippen LogP contribution in [0, 0.1) is 0 Å². The number of hydrogen-bond donors (Lipinski definition) is 2. The number of carbonyl (C=O) groups excluding carboxylic acids is 1. The van der Waals surface area contributed by atoms with Gasteiger partial charge >= 0.3 is 0 Å². The lowest BCUT2D eigenvalue weighted by atomic mass is 10.1. The molecule has 6 heteroatoms. The van der Waals surface area contributed by atoms with E-state index in [1.54, 1.807) is 0 Å². The van der Waals surface area contributed by atoms with Crippen LogP contribution in [0.25, 0.3) is 10.6 Å². The van der Waals surface area contributed by atoms with Crippen molar-refractivity contribution in [3.8, 4) is 10.6 Å². The molecule has 0 aliphatic rings. The standard InChI is InChI=1S/C19H17BrN2O2S/c20-15-8-4-7-14(9-15)19-22-16(12-25-19)10-18(24)21-11-17(23)13-5-2-1-3-6-13/h1-9,12,17,23H,10-11H2,(H,21,24). The van der Waals surface area contributed by atoms with E-state index >= 15 is 0 Å². The Balaban J connectivity index is 1.55. The zero-order valence-electron chi connectivity index (χ0n) is 13.4. The summed E-state index contributed by atoms with van der Waals surface area (Å²) >= 11 is 4.96. The molecule has 3 aromatic rings. The van der Waals surface area contributed by atoms with E-state index in [9.17, 15) is 9.90 Å². The van der Waals surface area contributed by atoms with Gasteiger partial charge in [-0.2, -0.15) is 0 Å². The number of nitrogens with one attached hydrogen (secondary N) is 1. The highest BCUT2D eigenvalue weighted by Crippen LogP contribution is 2.26. The van der Waals surface area contributed by atoms with Crippen LogP contribution in [0.4, 0.5) is 0 Å². The van der Waals surface area contributed by atoms with E-state index in [-0.39, 0.29) is 18.9 Å². The predicted molar refractivity (Wildman–Crippen MR) is 103 cm³/mol.